The lowest BCUT2D eigenvalue weighted by Crippen LogP contribution is -2.50. The average molecular weight is 280 g/mol. The Morgan fingerprint density at radius 2 is 2.21 bits per heavy atom. The summed E-state index contributed by atoms with van der Waals surface area (Å²) in [5, 5.41) is 4.85. The summed E-state index contributed by atoms with van der Waals surface area (Å²) in [5.74, 6) is 0. The molecule has 1 saturated heterocycles. The van der Waals surface area contributed by atoms with Gasteiger partial charge in [0.25, 0.3) is 0 Å². The first-order chi connectivity index (χ1) is 9.20. The van der Waals surface area contributed by atoms with Crippen molar-refractivity contribution in [1.82, 2.24) is 20.1 Å². The minimum absolute atomic E-state index is 0.620. The van der Waals surface area contributed by atoms with Crippen molar-refractivity contribution in [3.63, 3.8) is 0 Å². The van der Waals surface area contributed by atoms with Crippen molar-refractivity contribution in [3.05, 3.63) is 16.1 Å². The zero-order chi connectivity index (χ0) is 13.2. The molecular weight excluding hydrogens is 256 g/mol. The lowest BCUT2D eigenvalue weighted by Gasteiger charge is -2.37. The van der Waals surface area contributed by atoms with Crippen LogP contribution in [-0.2, 0) is 13.0 Å². The summed E-state index contributed by atoms with van der Waals surface area (Å²) in [5.41, 5.74) is 0. The van der Waals surface area contributed by atoms with Gasteiger partial charge in [-0.1, -0.05) is 0 Å². The van der Waals surface area contributed by atoms with Crippen LogP contribution in [0.1, 0.15) is 22.7 Å². The van der Waals surface area contributed by atoms with Gasteiger partial charge < -0.3 is 15.1 Å². The zero-order valence-electron chi connectivity index (χ0n) is 11.9. The van der Waals surface area contributed by atoms with Gasteiger partial charge in [0.15, 0.2) is 0 Å². The average Bonchev–Trinajstić information content (AvgIpc) is 3.12. The highest BCUT2D eigenvalue weighted by Crippen LogP contribution is 2.22. The van der Waals surface area contributed by atoms with E-state index in [0.29, 0.717) is 6.04 Å². The number of piperazine rings is 1. The number of rotatable bonds is 5. The molecule has 0 amide bonds. The van der Waals surface area contributed by atoms with E-state index < -0.39 is 0 Å². The van der Waals surface area contributed by atoms with Crippen molar-refractivity contribution in [1.29, 1.82) is 0 Å². The number of likely N-dealkylation sites (N-methyl/N-ethyl adjacent to an activating group) is 2. The van der Waals surface area contributed by atoms with Gasteiger partial charge in [0.2, 0.25) is 0 Å². The van der Waals surface area contributed by atoms with Crippen LogP contribution in [0.25, 0.3) is 0 Å². The molecule has 1 aromatic rings. The number of aromatic nitrogens is 1. The molecule has 1 aliphatic heterocycles. The number of nitrogens with one attached hydrogen (secondary N) is 1. The van der Waals surface area contributed by atoms with E-state index in [1.807, 2.05) is 11.3 Å². The minimum Gasteiger partial charge on any atom is -0.309 e. The quantitative estimate of drug-likeness (QED) is 0.878. The molecule has 1 aromatic heterocycles. The van der Waals surface area contributed by atoms with Crippen molar-refractivity contribution >= 4 is 11.3 Å². The van der Waals surface area contributed by atoms with Gasteiger partial charge in [0.05, 0.1) is 5.01 Å². The second-order valence-corrected chi connectivity index (χ2v) is 7.18. The summed E-state index contributed by atoms with van der Waals surface area (Å²) in [6.07, 6.45) is 5.85. The normalized spacial score (nSPS) is 25.9. The predicted molar refractivity (Wildman–Crippen MR) is 79.6 cm³/mol. The van der Waals surface area contributed by atoms with Gasteiger partial charge in [-0.2, -0.15) is 0 Å². The van der Waals surface area contributed by atoms with E-state index in [2.05, 4.69) is 40.4 Å². The number of hydrogen-bond acceptors (Lipinski definition) is 5. The molecule has 0 radical (unpaired) electrons. The van der Waals surface area contributed by atoms with Gasteiger partial charge in [-0.05, 0) is 26.9 Å². The maximum absolute atomic E-state index is 4.60. The van der Waals surface area contributed by atoms with Crippen LogP contribution in [0.4, 0.5) is 0 Å². The summed E-state index contributed by atoms with van der Waals surface area (Å²) in [6, 6.07) is 1.40. The fraction of sp³-hybridized carbons (Fsp3) is 0.786. The Bertz CT molecular complexity index is 415. The fourth-order valence-electron chi connectivity index (χ4n) is 2.58. The molecule has 19 heavy (non-hydrogen) atoms. The maximum Gasteiger partial charge on any atom is 0.0944 e. The molecule has 5 heteroatoms. The highest BCUT2D eigenvalue weighted by molar-refractivity contribution is 7.11. The summed E-state index contributed by atoms with van der Waals surface area (Å²) >= 11 is 1.88. The second kappa shape index (κ2) is 5.87. The molecule has 1 atom stereocenters. The van der Waals surface area contributed by atoms with Gasteiger partial charge >= 0.3 is 0 Å². The van der Waals surface area contributed by atoms with Gasteiger partial charge in [-0.25, -0.2) is 4.98 Å². The number of nitrogens with zero attached hydrogens (tertiary/aromatic N) is 3. The van der Waals surface area contributed by atoms with Crippen LogP contribution in [0.3, 0.4) is 0 Å². The number of hydrogen-bond donors (Lipinski definition) is 1. The lowest BCUT2D eigenvalue weighted by molar-refractivity contribution is 0.114. The summed E-state index contributed by atoms with van der Waals surface area (Å²) in [4.78, 5) is 10.9. The standard InChI is InChI=1S/C14H24N4S/c1-17-5-6-18(2)12(10-17)7-14-16-9-13(19-14)8-15-11-3-4-11/h9,11-12,15H,3-8,10H2,1-2H3. The number of thiazole rings is 1. The molecule has 0 aromatic carbocycles. The van der Waals surface area contributed by atoms with E-state index in [1.165, 1.54) is 35.8 Å². The molecule has 2 aliphatic rings. The second-order valence-electron chi connectivity index (χ2n) is 5.98. The molecule has 3 rings (SSSR count). The van der Waals surface area contributed by atoms with Crippen LogP contribution in [0.2, 0.25) is 0 Å². The highest BCUT2D eigenvalue weighted by atomic mass is 32.1. The van der Waals surface area contributed by atoms with Crippen LogP contribution < -0.4 is 5.32 Å². The van der Waals surface area contributed by atoms with Crippen LogP contribution >= 0.6 is 11.3 Å². The van der Waals surface area contributed by atoms with E-state index >= 15 is 0 Å². The summed E-state index contributed by atoms with van der Waals surface area (Å²) in [6.45, 7) is 4.51. The maximum atomic E-state index is 4.60. The Hall–Kier alpha value is -0.490. The molecule has 0 spiro atoms. The van der Waals surface area contributed by atoms with E-state index in [1.54, 1.807) is 0 Å². The van der Waals surface area contributed by atoms with Gasteiger partial charge in [0, 0.05) is 55.8 Å². The van der Waals surface area contributed by atoms with E-state index in [4.69, 9.17) is 0 Å². The molecule has 1 unspecified atom stereocenters. The largest absolute Gasteiger partial charge is 0.309 e. The first-order valence-corrected chi connectivity index (χ1v) is 8.08. The smallest absolute Gasteiger partial charge is 0.0944 e. The van der Waals surface area contributed by atoms with Gasteiger partial charge in [-0.3, -0.25) is 0 Å². The lowest BCUT2D eigenvalue weighted by atomic mass is 10.1. The third-order valence-electron chi connectivity index (χ3n) is 4.13. The minimum atomic E-state index is 0.620. The van der Waals surface area contributed by atoms with Crippen LogP contribution in [0.15, 0.2) is 6.20 Å². The van der Waals surface area contributed by atoms with E-state index in [0.717, 1.165) is 25.6 Å². The Labute approximate surface area is 119 Å². The Balaban J connectivity index is 1.53. The molecule has 1 saturated carbocycles. The Kier molecular flexibility index (Phi) is 4.17. The van der Waals surface area contributed by atoms with Gasteiger partial charge in [0.1, 0.15) is 0 Å². The fourth-order valence-corrected chi connectivity index (χ4v) is 3.52. The molecule has 1 N–H and O–H groups in total. The monoisotopic (exact) mass is 280 g/mol. The molecular formula is C14H24N4S. The third-order valence-corrected chi connectivity index (χ3v) is 5.15. The molecule has 106 valence electrons. The van der Waals surface area contributed by atoms with Crippen LogP contribution in [-0.4, -0.2) is 60.6 Å². The van der Waals surface area contributed by atoms with Crippen molar-refractivity contribution < 1.29 is 0 Å². The molecule has 4 nitrogen and oxygen atoms in total. The third kappa shape index (κ3) is 3.75. The molecule has 2 heterocycles. The van der Waals surface area contributed by atoms with Gasteiger partial charge in [-0.15, -0.1) is 11.3 Å². The van der Waals surface area contributed by atoms with Crippen molar-refractivity contribution in [2.45, 2.75) is 37.9 Å². The van der Waals surface area contributed by atoms with Crippen LogP contribution in [0, 0.1) is 0 Å². The first kappa shape index (κ1) is 13.5. The zero-order valence-corrected chi connectivity index (χ0v) is 12.7. The van der Waals surface area contributed by atoms with E-state index in [-0.39, 0.29) is 0 Å². The first-order valence-electron chi connectivity index (χ1n) is 7.26. The van der Waals surface area contributed by atoms with Crippen molar-refractivity contribution in [2.75, 3.05) is 33.7 Å². The predicted octanol–water partition coefficient (Wildman–Crippen LogP) is 1.18. The molecule has 1 aliphatic carbocycles. The Morgan fingerprint density at radius 3 is 3.00 bits per heavy atom. The van der Waals surface area contributed by atoms with Crippen molar-refractivity contribution in [3.8, 4) is 0 Å². The molecule has 0 bridgehead atoms. The van der Waals surface area contributed by atoms with E-state index in [9.17, 15) is 0 Å². The summed E-state index contributed by atoms with van der Waals surface area (Å²) in [7, 11) is 4.45. The Morgan fingerprint density at radius 1 is 1.37 bits per heavy atom. The summed E-state index contributed by atoms with van der Waals surface area (Å²) < 4.78 is 0. The van der Waals surface area contributed by atoms with Crippen molar-refractivity contribution in [2.24, 2.45) is 0 Å². The van der Waals surface area contributed by atoms with Crippen LogP contribution in [0.5, 0.6) is 0 Å². The highest BCUT2D eigenvalue weighted by Gasteiger charge is 2.24. The SMILES string of the molecule is CN1CCN(C)C(Cc2ncc(CNC3CC3)s2)C1. The molecule has 2 fully saturated rings. The topological polar surface area (TPSA) is 31.4 Å².